The van der Waals surface area contributed by atoms with Crippen molar-refractivity contribution in [3.8, 4) is 0 Å². The number of nitrogens with one attached hydrogen (secondary N) is 1. The first-order chi connectivity index (χ1) is 8.83. The van der Waals surface area contributed by atoms with Gasteiger partial charge in [0.2, 0.25) is 0 Å². The minimum absolute atomic E-state index is 0.693. The Labute approximate surface area is 107 Å². The number of anilines is 1. The van der Waals surface area contributed by atoms with Crippen LogP contribution < -0.4 is 10.2 Å². The summed E-state index contributed by atoms with van der Waals surface area (Å²) in [4.78, 5) is 6.64. The summed E-state index contributed by atoms with van der Waals surface area (Å²) in [6.45, 7) is 3.26. The van der Waals surface area contributed by atoms with E-state index in [9.17, 15) is 0 Å². The van der Waals surface area contributed by atoms with E-state index in [2.05, 4.69) is 22.2 Å². The fourth-order valence-electron chi connectivity index (χ4n) is 2.57. The molecule has 4 nitrogen and oxygen atoms in total. The van der Waals surface area contributed by atoms with Crippen LogP contribution in [0, 0.1) is 5.92 Å². The van der Waals surface area contributed by atoms with Gasteiger partial charge in [-0.1, -0.05) is 12.1 Å². The van der Waals surface area contributed by atoms with Crippen LogP contribution in [0.15, 0.2) is 28.7 Å². The van der Waals surface area contributed by atoms with Crippen molar-refractivity contribution in [3.05, 3.63) is 24.3 Å². The van der Waals surface area contributed by atoms with Crippen molar-refractivity contribution in [2.24, 2.45) is 5.92 Å². The lowest BCUT2D eigenvalue weighted by Crippen LogP contribution is -2.36. The van der Waals surface area contributed by atoms with E-state index in [0.717, 1.165) is 36.7 Å². The van der Waals surface area contributed by atoms with E-state index in [-0.39, 0.29) is 0 Å². The third kappa shape index (κ3) is 2.34. The van der Waals surface area contributed by atoms with Crippen LogP contribution in [0.3, 0.4) is 0 Å². The maximum Gasteiger partial charge on any atom is 0.298 e. The van der Waals surface area contributed by atoms with Crippen molar-refractivity contribution < 1.29 is 4.42 Å². The molecule has 0 saturated carbocycles. The van der Waals surface area contributed by atoms with E-state index in [1.54, 1.807) is 0 Å². The molecule has 3 rings (SSSR count). The lowest BCUT2D eigenvalue weighted by atomic mass is 9.99. The molecule has 4 heteroatoms. The summed E-state index contributed by atoms with van der Waals surface area (Å²) in [5, 5.41) is 3.44. The Morgan fingerprint density at radius 3 is 3.11 bits per heavy atom. The highest BCUT2D eigenvalue weighted by Gasteiger charge is 2.17. The minimum atomic E-state index is 0.693. The molecular weight excluding hydrogens is 226 g/mol. The monoisotopic (exact) mass is 245 g/mol. The molecule has 18 heavy (non-hydrogen) atoms. The molecule has 0 radical (unpaired) electrons. The predicted octanol–water partition coefficient (Wildman–Crippen LogP) is 2.26. The molecule has 1 fully saturated rings. The molecule has 0 amide bonds. The van der Waals surface area contributed by atoms with E-state index in [1.165, 1.54) is 12.8 Å². The molecule has 1 aliphatic heterocycles. The van der Waals surface area contributed by atoms with Gasteiger partial charge in [0.25, 0.3) is 6.01 Å². The van der Waals surface area contributed by atoms with E-state index in [4.69, 9.17) is 4.42 Å². The quantitative estimate of drug-likeness (QED) is 0.900. The van der Waals surface area contributed by atoms with Gasteiger partial charge in [-0.25, -0.2) is 0 Å². The van der Waals surface area contributed by atoms with Crippen LogP contribution in [0.4, 0.5) is 6.01 Å². The highest BCUT2D eigenvalue weighted by atomic mass is 16.4. The number of rotatable bonds is 3. The number of hydrogen-bond donors (Lipinski definition) is 1. The van der Waals surface area contributed by atoms with E-state index >= 15 is 0 Å². The minimum Gasteiger partial charge on any atom is -0.423 e. The summed E-state index contributed by atoms with van der Waals surface area (Å²) in [6.07, 6.45) is 2.56. The summed E-state index contributed by atoms with van der Waals surface area (Å²) >= 11 is 0. The lowest BCUT2D eigenvalue weighted by molar-refractivity contribution is 0.375. The molecule has 1 aromatic carbocycles. The Morgan fingerprint density at radius 2 is 2.33 bits per heavy atom. The van der Waals surface area contributed by atoms with E-state index < -0.39 is 0 Å². The van der Waals surface area contributed by atoms with Crippen molar-refractivity contribution in [2.45, 2.75) is 12.8 Å². The van der Waals surface area contributed by atoms with Crippen molar-refractivity contribution >= 4 is 17.1 Å². The van der Waals surface area contributed by atoms with Crippen LogP contribution in [0.2, 0.25) is 0 Å². The summed E-state index contributed by atoms with van der Waals surface area (Å²) in [7, 11) is 2.05. The van der Waals surface area contributed by atoms with Gasteiger partial charge in [0.15, 0.2) is 5.58 Å². The smallest absolute Gasteiger partial charge is 0.298 e. The van der Waals surface area contributed by atoms with Gasteiger partial charge >= 0.3 is 0 Å². The van der Waals surface area contributed by atoms with Crippen LogP contribution >= 0.6 is 0 Å². The van der Waals surface area contributed by atoms with Crippen molar-refractivity contribution in [1.82, 2.24) is 10.3 Å². The Balaban J connectivity index is 1.72. The first-order valence-electron chi connectivity index (χ1n) is 6.60. The number of aromatic nitrogens is 1. The Kier molecular flexibility index (Phi) is 3.19. The van der Waals surface area contributed by atoms with Gasteiger partial charge in [-0.3, -0.25) is 0 Å². The Morgan fingerprint density at radius 1 is 1.44 bits per heavy atom. The average molecular weight is 245 g/mol. The number of fused-ring (bicyclic) bond motifs is 1. The second-order valence-electron chi connectivity index (χ2n) is 5.06. The molecular formula is C14H19N3O. The molecule has 1 N–H and O–H groups in total. The molecule has 1 atom stereocenters. The summed E-state index contributed by atoms with van der Waals surface area (Å²) in [5.74, 6) is 0.693. The largest absolute Gasteiger partial charge is 0.423 e. The fraction of sp³-hybridized carbons (Fsp3) is 0.500. The fourth-order valence-corrected chi connectivity index (χ4v) is 2.57. The molecule has 1 saturated heterocycles. The van der Waals surface area contributed by atoms with Crippen LogP contribution in [0.5, 0.6) is 0 Å². The van der Waals surface area contributed by atoms with Gasteiger partial charge in [-0.05, 0) is 44.0 Å². The van der Waals surface area contributed by atoms with Gasteiger partial charge in [-0.15, -0.1) is 0 Å². The number of benzene rings is 1. The second kappa shape index (κ2) is 4.98. The topological polar surface area (TPSA) is 41.3 Å². The Bertz CT molecular complexity index is 483. The summed E-state index contributed by atoms with van der Waals surface area (Å²) < 4.78 is 5.77. The van der Waals surface area contributed by atoms with Crippen molar-refractivity contribution in [2.75, 3.05) is 31.6 Å². The van der Waals surface area contributed by atoms with Gasteiger partial charge in [-0.2, -0.15) is 4.98 Å². The summed E-state index contributed by atoms with van der Waals surface area (Å²) in [6, 6.07) is 8.63. The molecule has 1 aromatic heterocycles. The van der Waals surface area contributed by atoms with Gasteiger partial charge in [0.05, 0.1) is 0 Å². The zero-order valence-electron chi connectivity index (χ0n) is 10.7. The van der Waals surface area contributed by atoms with Crippen LogP contribution in [-0.2, 0) is 0 Å². The van der Waals surface area contributed by atoms with Gasteiger partial charge in [0.1, 0.15) is 5.52 Å². The molecule has 2 heterocycles. The van der Waals surface area contributed by atoms with Gasteiger partial charge < -0.3 is 14.6 Å². The van der Waals surface area contributed by atoms with Crippen LogP contribution in [0.25, 0.3) is 11.1 Å². The highest BCUT2D eigenvalue weighted by molar-refractivity contribution is 5.74. The third-order valence-corrected chi connectivity index (χ3v) is 3.54. The van der Waals surface area contributed by atoms with Gasteiger partial charge in [0, 0.05) is 13.6 Å². The number of nitrogens with zero attached hydrogens (tertiary/aromatic N) is 2. The molecule has 1 aliphatic rings. The third-order valence-electron chi connectivity index (χ3n) is 3.54. The zero-order chi connectivity index (χ0) is 12.4. The molecule has 2 aromatic rings. The molecule has 0 bridgehead atoms. The molecule has 0 spiro atoms. The zero-order valence-corrected chi connectivity index (χ0v) is 10.7. The van der Waals surface area contributed by atoms with E-state index in [0.29, 0.717) is 5.92 Å². The number of piperidine rings is 1. The maximum absolute atomic E-state index is 5.77. The summed E-state index contributed by atoms with van der Waals surface area (Å²) in [5.41, 5.74) is 1.79. The van der Waals surface area contributed by atoms with Crippen LogP contribution in [0.1, 0.15) is 12.8 Å². The lowest BCUT2D eigenvalue weighted by Gasteiger charge is -2.26. The number of oxazole rings is 1. The van der Waals surface area contributed by atoms with Crippen molar-refractivity contribution in [3.63, 3.8) is 0 Å². The van der Waals surface area contributed by atoms with Crippen LogP contribution in [-0.4, -0.2) is 31.7 Å². The van der Waals surface area contributed by atoms with E-state index in [1.807, 2.05) is 24.3 Å². The normalized spacial score (nSPS) is 20.2. The second-order valence-corrected chi connectivity index (χ2v) is 5.06. The first-order valence-corrected chi connectivity index (χ1v) is 6.60. The SMILES string of the molecule is CN(C[C@@H]1CCCNC1)c1nc2ccccc2o1. The molecule has 96 valence electrons. The average Bonchev–Trinajstić information content (AvgIpc) is 2.84. The molecule has 0 unspecified atom stereocenters. The maximum atomic E-state index is 5.77. The number of para-hydroxylation sites is 2. The predicted molar refractivity (Wildman–Crippen MR) is 72.9 cm³/mol. The highest BCUT2D eigenvalue weighted by Crippen LogP contribution is 2.22. The molecule has 0 aliphatic carbocycles. The van der Waals surface area contributed by atoms with Crippen molar-refractivity contribution in [1.29, 1.82) is 0 Å². The number of hydrogen-bond acceptors (Lipinski definition) is 4. The first kappa shape index (κ1) is 11.5. The Hall–Kier alpha value is -1.55. The standard InChI is InChI=1S/C14H19N3O/c1-17(10-11-5-4-8-15-9-11)14-16-12-6-2-3-7-13(12)18-14/h2-3,6-7,11,15H,4-5,8-10H2,1H3/t11-/m1/s1.